The summed E-state index contributed by atoms with van der Waals surface area (Å²) in [6.45, 7) is 2.12. The van der Waals surface area contributed by atoms with Crippen molar-refractivity contribution < 1.29 is 25.2 Å². The number of carboxylic acid groups (broad SMARTS) is 1. The minimum Gasteiger partial charge on any atom is -0.481 e. The van der Waals surface area contributed by atoms with E-state index in [0.29, 0.717) is 25.7 Å². The van der Waals surface area contributed by atoms with Crippen LogP contribution in [0.1, 0.15) is 64.7 Å². The van der Waals surface area contributed by atoms with Gasteiger partial charge in [-0.2, -0.15) is 0 Å². The maximum atomic E-state index is 10.5. The number of unbranched alkanes of at least 4 members (excludes halogenated alkanes) is 3. The van der Waals surface area contributed by atoms with Crippen molar-refractivity contribution >= 4 is 5.97 Å². The van der Waals surface area contributed by atoms with E-state index in [4.69, 9.17) is 5.11 Å². The number of hydrogen-bond acceptors (Lipinski definition) is 4. The van der Waals surface area contributed by atoms with Crippen LogP contribution in [0.25, 0.3) is 0 Å². The maximum Gasteiger partial charge on any atom is 0.303 e. The smallest absolute Gasteiger partial charge is 0.303 e. The first-order valence-electron chi connectivity index (χ1n) is 9.55. The van der Waals surface area contributed by atoms with Gasteiger partial charge in [-0.15, -0.1) is 0 Å². The molecule has 5 atom stereocenters. The lowest BCUT2D eigenvalue weighted by Crippen LogP contribution is -2.20. The summed E-state index contributed by atoms with van der Waals surface area (Å²) in [4.78, 5) is 10.5. The highest BCUT2D eigenvalue weighted by Crippen LogP contribution is 2.36. The molecule has 25 heavy (non-hydrogen) atoms. The molecule has 1 aliphatic rings. The second-order valence-corrected chi connectivity index (χ2v) is 7.05. The molecule has 0 heterocycles. The van der Waals surface area contributed by atoms with Gasteiger partial charge in [0.15, 0.2) is 0 Å². The largest absolute Gasteiger partial charge is 0.481 e. The zero-order valence-corrected chi connectivity index (χ0v) is 15.3. The molecule has 0 aromatic heterocycles. The zero-order valence-electron chi connectivity index (χ0n) is 15.3. The summed E-state index contributed by atoms with van der Waals surface area (Å²) in [7, 11) is 0. The molecule has 1 rings (SSSR count). The van der Waals surface area contributed by atoms with Crippen LogP contribution in [-0.2, 0) is 4.79 Å². The van der Waals surface area contributed by atoms with Gasteiger partial charge in [0, 0.05) is 18.8 Å². The minimum absolute atomic E-state index is 0.0650. The average Bonchev–Trinajstić information content (AvgIpc) is 2.82. The van der Waals surface area contributed by atoms with E-state index in [1.807, 2.05) is 18.2 Å². The monoisotopic (exact) mass is 354 g/mol. The second-order valence-electron chi connectivity index (χ2n) is 7.05. The molecule has 0 amide bonds. The predicted octanol–water partition coefficient (Wildman–Crippen LogP) is 3.04. The predicted molar refractivity (Wildman–Crippen MR) is 98.1 cm³/mol. The Bertz CT molecular complexity index is 432. The molecule has 0 aliphatic heterocycles. The van der Waals surface area contributed by atoms with Gasteiger partial charge in [-0.05, 0) is 31.6 Å². The Labute approximate surface area is 151 Å². The standard InChI is InChI=1S/C20H34O5/c1-2-3-6-9-15(21)12-13-17-16(18(22)14-19(17)23)10-7-4-5-8-11-20(24)25/h4,7,12-13,15-19,21-23H,2-3,5-6,8-11,14H2,1H3,(H,24,25)/b7-4+,13-12-/t15-,16+,17-,18+,19+/m1/s1. The minimum atomic E-state index is -0.787. The highest BCUT2D eigenvalue weighted by atomic mass is 16.4. The molecule has 4 N–H and O–H groups in total. The van der Waals surface area contributed by atoms with Crippen LogP contribution in [0, 0.1) is 11.8 Å². The van der Waals surface area contributed by atoms with Gasteiger partial charge in [-0.3, -0.25) is 4.79 Å². The Kier molecular flexibility index (Phi) is 10.7. The van der Waals surface area contributed by atoms with Gasteiger partial charge in [0.1, 0.15) is 0 Å². The SMILES string of the molecule is CCCCC[C@@H](O)/C=C\[C@@H]1[C@H](C/C=C/CCCC(=O)O)[C@@H](O)C[C@@H]1O. The van der Waals surface area contributed by atoms with E-state index in [0.717, 1.165) is 25.7 Å². The highest BCUT2D eigenvalue weighted by molar-refractivity contribution is 5.66. The zero-order chi connectivity index (χ0) is 18.7. The van der Waals surface area contributed by atoms with Crippen LogP contribution in [0.3, 0.4) is 0 Å². The van der Waals surface area contributed by atoms with Crippen molar-refractivity contribution in [1.29, 1.82) is 0 Å². The van der Waals surface area contributed by atoms with Crippen molar-refractivity contribution in [2.24, 2.45) is 11.8 Å². The Balaban J connectivity index is 2.46. The van der Waals surface area contributed by atoms with Gasteiger partial charge in [-0.1, -0.05) is 50.5 Å². The van der Waals surface area contributed by atoms with Gasteiger partial charge in [-0.25, -0.2) is 0 Å². The van der Waals surface area contributed by atoms with Crippen LogP contribution in [0.2, 0.25) is 0 Å². The molecule has 0 unspecified atom stereocenters. The molecule has 0 spiro atoms. The Morgan fingerprint density at radius 2 is 1.92 bits per heavy atom. The Hall–Kier alpha value is -1.17. The first-order chi connectivity index (χ1) is 12.0. The number of rotatable bonds is 12. The number of carbonyl (C=O) groups is 1. The van der Waals surface area contributed by atoms with Crippen LogP contribution >= 0.6 is 0 Å². The lowest BCUT2D eigenvalue weighted by molar-refractivity contribution is -0.137. The number of carboxylic acids is 1. The molecule has 1 saturated carbocycles. The van der Waals surface area contributed by atoms with E-state index in [9.17, 15) is 20.1 Å². The van der Waals surface area contributed by atoms with Crippen molar-refractivity contribution in [2.45, 2.75) is 83.0 Å². The fourth-order valence-electron chi connectivity index (χ4n) is 3.41. The van der Waals surface area contributed by atoms with E-state index in [2.05, 4.69) is 6.92 Å². The van der Waals surface area contributed by atoms with Gasteiger partial charge < -0.3 is 20.4 Å². The molecule has 1 aliphatic carbocycles. The summed E-state index contributed by atoms with van der Waals surface area (Å²) in [5, 5.41) is 39.0. The Morgan fingerprint density at radius 1 is 1.16 bits per heavy atom. The number of hydrogen-bond donors (Lipinski definition) is 4. The van der Waals surface area contributed by atoms with E-state index in [1.165, 1.54) is 0 Å². The molecular weight excluding hydrogens is 320 g/mol. The number of aliphatic hydroxyl groups excluding tert-OH is 3. The third kappa shape index (κ3) is 8.66. The third-order valence-corrected chi connectivity index (χ3v) is 4.91. The molecule has 0 aromatic rings. The van der Waals surface area contributed by atoms with E-state index < -0.39 is 24.3 Å². The van der Waals surface area contributed by atoms with Crippen LogP contribution in [0.4, 0.5) is 0 Å². The average molecular weight is 354 g/mol. The molecule has 1 fully saturated rings. The lowest BCUT2D eigenvalue weighted by atomic mass is 9.89. The molecule has 5 nitrogen and oxygen atoms in total. The summed E-state index contributed by atoms with van der Waals surface area (Å²) >= 11 is 0. The molecular formula is C20H34O5. The quantitative estimate of drug-likeness (QED) is 0.319. The fourth-order valence-corrected chi connectivity index (χ4v) is 3.41. The van der Waals surface area contributed by atoms with Crippen LogP contribution in [0.15, 0.2) is 24.3 Å². The van der Waals surface area contributed by atoms with Crippen molar-refractivity contribution in [3.8, 4) is 0 Å². The Morgan fingerprint density at radius 3 is 2.60 bits per heavy atom. The summed E-state index contributed by atoms with van der Waals surface area (Å²) in [6, 6.07) is 0. The van der Waals surface area contributed by atoms with Gasteiger partial charge in [0.2, 0.25) is 0 Å². The number of aliphatic carboxylic acids is 1. The van der Waals surface area contributed by atoms with E-state index in [1.54, 1.807) is 6.08 Å². The topological polar surface area (TPSA) is 98.0 Å². The fraction of sp³-hybridized carbons (Fsp3) is 0.750. The van der Waals surface area contributed by atoms with E-state index in [-0.39, 0.29) is 18.3 Å². The molecule has 0 bridgehead atoms. The van der Waals surface area contributed by atoms with Gasteiger partial charge >= 0.3 is 5.97 Å². The van der Waals surface area contributed by atoms with Gasteiger partial charge in [0.25, 0.3) is 0 Å². The second kappa shape index (κ2) is 12.2. The molecule has 0 aromatic carbocycles. The molecule has 0 saturated heterocycles. The van der Waals surface area contributed by atoms with Crippen LogP contribution < -0.4 is 0 Å². The number of aliphatic hydroxyl groups is 3. The van der Waals surface area contributed by atoms with Crippen molar-refractivity contribution in [2.75, 3.05) is 0 Å². The highest BCUT2D eigenvalue weighted by Gasteiger charge is 2.39. The first kappa shape index (κ1) is 21.9. The van der Waals surface area contributed by atoms with Crippen LogP contribution in [0.5, 0.6) is 0 Å². The lowest BCUT2D eigenvalue weighted by Gasteiger charge is -2.19. The summed E-state index contributed by atoms with van der Waals surface area (Å²) < 4.78 is 0. The summed E-state index contributed by atoms with van der Waals surface area (Å²) in [5.41, 5.74) is 0. The van der Waals surface area contributed by atoms with Crippen molar-refractivity contribution in [3.05, 3.63) is 24.3 Å². The third-order valence-electron chi connectivity index (χ3n) is 4.91. The maximum absolute atomic E-state index is 10.5. The number of allylic oxidation sites excluding steroid dienone is 2. The molecule has 144 valence electrons. The first-order valence-corrected chi connectivity index (χ1v) is 9.55. The summed E-state index contributed by atoms with van der Waals surface area (Å²) in [6.07, 6.45) is 12.3. The van der Waals surface area contributed by atoms with Crippen molar-refractivity contribution in [1.82, 2.24) is 0 Å². The van der Waals surface area contributed by atoms with Gasteiger partial charge in [0.05, 0.1) is 18.3 Å². The summed E-state index contributed by atoms with van der Waals surface area (Å²) in [5.74, 6) is -1.00. The molecule has 5 heteroatoms. The van der Waals surface area contributed by atoms with Crippen LogP contribution in [-0.4, -0.2) is 44.7 Å². The molecule has 0 radical (unpaired) electrons. The normalized spacial score (nSPS) is 28.2. The van der Waals surface area contributed by atoms with E-state index >= 15 is 0 Å². The van der Waals surface area contributed by atoms with Crippen molar-refractivity contribution in [3.63, 3.8) is 0 Å².